The number of esters is 1. The second-order valence-corrected chi connectivity index (χ2v) is 5.47. The standard InChI is InChI=1S/C17H22N2O5/c1-23-16(21)9-3-2-6-11-18-15(20)10-12-19-13-7-4-5-8-14(13)24-17(19)22/h4-5,7-8H,2-3,6,9-12H2,1H3,(H,18,20). The van der Waals surface area contributed by atoms with Crippen LogP contribution in [0.3, 0.4) is 0 Å². The number of nitrogens with zero attached hydrogens (tertiary/aromatic N) is 1. The molecule has 0 aliphatic rings. The maximum atomic E-state index is 11.8. The second kappa shape index (κ2) is 8.90. The van der Waals surface area contributed by atoms with E-state index in [2.05, 4.69) is 10.1 Å². The molecule has 1 N–H and O–H groups in total. The first-order valence-electron chi connectivity index (χ1n) is 8.03. The number of hydrogen-bond donors (Lipinski definition) is 1. The first-order valence-corrected chi connectivity index (χ1v) is 8.03. The van der Waals surface area contributed by atoms with Gasteiger partial charge in [-0.15, -0.1) is 0 Å². The predicted octanol–water partition coefficient (Wildman–Crippen LogP) is 1.83. The van der Waals surface area contributed by atoms with Gasteiger partial charge in [-0.05, 0) is 25.0 Å². The van der Waals surface area contributed by atoms with E-state index in [0.717, 1.165) is 19.3 Å². The number of carbonyl (C=O) groups is 2. The molecule has 7 heteroatoms. The van der Waals surface area contributed by atoms with Gasteiger partial charge >= 0.3 is 11.7 Å². The molecule has 2 rings (SSSR count). The molecule has 0 saturated heterocycles. The molecule has 7 nitrogen and oxygen atoms in total. The molecule has 0 unspecified atom stereocenters. The predicted molar refractivity (Wildman–Crippen MR) is 88.6 cm³/mol. The van der Waals surface area contributed by atoms with Crippen molar-refractivity contribution in [2.45, 2.75) is 38.6 Å². The third-order valence-corrected chi connectivity index (χ3v) is 3.74. The van der Waals surface area contributed by atoms with Crippen molar-refractivity contribution in [3.8, 4) is 0 Å². The second-order valence-electron chi connectivity index (χ2n) is 5.47. The number of fused-ring (bicyclic) bond motifs is 1. The molecule has 1 aromatic heterocycles. The van der Waals surface area contributed by atoms with E-state index < -0.39 is 5.76 Å². The molecule has 0 spiro atoms. The third-order valence-electron chi connectivity index (χ3n) is 3.74. The zero-order chi connectivity index (χ0) is 17.4. The summed E-state index contributed by atoms with van der Waals surface area (Å²) in [7, 11) is 1.37. The van der Waals surface area contributed by atoms with Gasteiger partial charge in [0.1, 0.15) is 0 Å². The van der Waals surface area contributed by atoms with Crippen LogP contribution in [0.25, 0.3) is 11.1 Å². The number of hydrogen-bond acceptors (Lipinski definition) is 5. The van der Waals surface area contributed by atoms with Crippen molar-refractivity contribution < 1.29 is 18.7 Å². The summed E-state index contributed by atoms with van der Waals surface area (Å²) in [6, 6.07) is 7.13. The van der Waals surface area contributed by atoms with Crippen LogP contribution in [0.1, 0.15) is 32.1 Å². The van der Waals surface area contributed by atoms with E-state index in [4.69, 9.17) is 4.42 Å². The average molecular weight is 334 g/mol. The van der Waals surface area contributed by atoms with E-state index in [-0.39, 0.29) is 24.8 Å². The van der Waals surface area contributed by atoms with Gasteiger partial charge in [0.2, 0.25) is 5.91 Å². The van der Waals surface area contributed by atoms with Crippen LogP contribution in [-0.2, 0) is 20.9 Å². The monoisotopic (exact) mass is 334 g/mol. The van der Waals surface area contributed by atoms with Crippen LogP contribution in [0.2, 0.25) is 0 Å². The SMILES string of the molecule is COC(=O)CCCCCNC(=O)CCn1c(=O)oc2ccccc21. The average Bonchev–Trinajstić information content (AvgIpc) is 2.91. The molecule has 0 radical (unpaired) electrons. The highest BCUT2D eigenvalue weighted by Crippen LogP contribution is 2.11. The zero-order valence-corrected chi connectivity index (χ0v) is 13.7. The number of para-hydroxylation sites is 2. The number of ether oxygens (including phenoxy) is 1. The van der Waals surface area contributed by atoms with Crippen LogP contribution in [-0.4, -0.2) is 30.1 Å². The molecule has 0 saturated carbocycles. The summed E-state index contributed by atoms with van der Waals surface area (Å²) in [6.45, 7) is 0.838. The number of aryl methyl sites for hydroxylation is 1. The molecule has 1 heterocycles. The molecule has 0 atom stereocenters. The van der Waals surface area contributed by atoms with E-state index in [1.54, 1.807) is 18.2 Å². The van der Waals surface area contributed by atoms with Crippen LogP contribution >= 0.6 is 0 Å². The number of amides is 1. The number of aromatic nitrogens is 1. The number of methoxy groups -OCH3 is 1. The Balaban J connectivity index is 1.69. The lowest BCUT2D eigenvalue weighted by Gasteiger charge is -2.05. The summed E-state index contributed by atoms with van der Waals surface area (Å²) in [5.74, 6) is -0.774. The van der Waals surface area contributed by atoms with Gasteiger partial charge in [-0.3, -0.25) is 14.2 Å². The highest BCUT2D eigenvalue weighted by atomic mass is 16.5. The van der Waals surface area contributed by atoms with E-state index in [0.29, 0.717) is 24.1 Å². The number of nitrogens with one attached hydrogen (secondary N) is 1. The molecule has 0 fully saturated rings. The number of oxazole rings is 1. The largest absolute Gasteiger partial charge is 0.469 e. The van der Waals surface area contributed by atoms with Crippen molar-refractivity contribution >= 4 is 23.0 Å². The van der Waals surface area contributed by atoms with Crippen molar-refractivity contribution in [1.29, 1.82) is 0 Å². The van der Waals surface area contributed by atoms with Crippen LogP contribution in [0, 0.1) is 0 Å². The van der Waals surface area contributed by atoms with Crippen molar-refractivity contribution in [2.75, 3.05) is 13.7 Å². The molecular formula is C17H22N2O5. The summed E-state index contributed by atoms with van der Waals surface area (Å²) in [5.41, 5.74) is 1.21. The highest BCUT2D eigenvalue weighted by Gasteiger charge is 2.10. The number of carbonyl (C=O) groups excluding carboxylic acids is 2. The lowest BCUT2D eigenvalue weighted by atomic mass is 10.2. The van der Waals surface area contributed by atoms with Gasteiger partial charge in [0.05, 0.1) is 12.6 Å². The summed E-state index contributed by atoms with van der Waals surface area (Å²) >= 11 is 0. The quantitative estimate of drug-likeness (QED) is 0.558. The Bertz CT molecular complexity index is 747. The van der Waals surface area contributed by atoms with E-state index in [1.807, 2.05) is 6.07 Å². The number of benzene rings is 1. The Hall–Kier alpha value is -2.57. The summed E-state index contributed by atoms with van der Waals surface area (Å²) < 4.78 is 11.1. The minimum absolute atomic E-state index is 0.111. The number of unbranched alkanes of at least 4 members (excludes halogenated alkanes) is 2. The Morgan fingerprint density at radius 1 is 1.17 bits per heavy atom. The first-order chi connectivity index (χ1) is 11.6. The molecule has 0 bridgehead atoms. The molecule has 1 amide bonds. The third kappa shape index (κ3) is 4.97. The summed E-state index contributed by atoms with van der Waals surface area (Å²) in [4.78, 5) is 34.6. The number of rotatable bonds is 9. The molecule has 0 aliphatic carbocycles. The summed E-state index contributed by atoms with van der Waals surface area (Å²) in [5, 5.41) is 2.81. The molecule has 2 aromatic rings. The van der Waals surface area contributed by atoms with Crippen molar-refractivity contribution in [3.05, 3.63) is 34.8 Å². The minimum atomic E-state index is -0.452. The lowest BCUT2D eigenvalue weighted by molar-refractivity contribution is -0.140. The van der Waals surface area contributed by atoms with Crippen molar-refractivity contribution in [3.63, 3.8) is 0 Å². The minimum Gasteiger partial charge on any atom is -0.469 e. The topological polar surface area (TPSA) is 90.5 Å². The lowest BCUT2D eigenvalue weighted by Crippen LogP contribution is -2.27. The smallest absolute Gasteiger partial charge is 0.419 e. The van der Waals surface area contributed by atoms with Gasteiger partial charge < -0.3 is 14.5 Å². The normalized spacial score (nSPS) is 10.7. The van der Waals surface area contributed by atoms with Gasteiger partial charge in [-0.25, -0.2) is 4.79 Å². The molecular weight excluding hydrogens is 312 g/mol. The highest BCUT2D eigenvalue weighted by molar-refractivity contribution is 5.76. The molecule has 1 aromatic carbocycles. The van der Waals surface area contributed by atoms with Gasteiger partial charge in [0.25, 0.3) is 0 Å². The fraction of sp³-hybridized carbons (Fsp3) is 0.471. The molecule has 24 heavy (non-hydrogen) atoms. The first kappa shape index (κ1) is 17.8. The Morgan fingerprint density at radius 2 is 1.96 bits per heavy atom. The zero-order valence-electron chi connectivity index (χ0n) is 13.7. The van der Waals surface area contributed by atoms with Gasteiger partial charge in [0, 0.05) is 25.9 Å². The molecule has 130 valence electrons. The maximum Gasteiger partial charge on any atom is 0.419 e. The van der Waals surface area contributed by atoms with Crippen LogP contribution < -0.4 is 11.1 Å². The van der Waals surface area contributed by atoms with Crippen LogP contribution in [0.15, 0.2) is 33.5 Å². The van der Waals surface area contributed by atoms with Crippen molar-refractivity contribution in [2.24, 2.45) is 0 Å². The van der Waals surface area contributed by atoms with Crippen LogP contribution in [0.4, 0.5) is 0 Å². The molecule has 0 aliphatic heterocycles. The Kier molecular flexibility index (Phi) is 6.60. The Labute approximate surface area is 139 Å². The van der Waals surface area contributed by atoms with Crippen LogP contribution in [0.5, 0.6) is 0 Å². The van der Waals surface area contributed by atoms with Crippen molar-refractivity contribution in [1.82, 2.24) is 9.88 Å². The Morgan fingerprint density at radius 3 is 2.75 bits per heavy atom. The fourth-order valence-electron chi connectivity index (χ4n) is 2.43. The van der Waals surface area contributed by atoms with Gasteiger partial charge in [-0.2, -0.15) is 0 Å². The maximum absolute atomic E-state index is 11.8. The fourth-order valence-corrected chi connectivity index (χ4v) is 2.43. The van der Waals surface area contributed by atoms with Gasteiger partial charge in [-0.1, -0.05) is 18.6 Å². The van der Waals surface area contributed by atoms with E-state index >= 15 is 0 Å². The van der Waals surface area contributed by atoms with E-state index in [9.17, 15) is 14.4 Å². The summed E-state index contributed by atoms with van der Waals surface area (Å²) in [6.07, 6.45) is 3.02. The van der Waals surface area contributed by atoms with Gasteiger partial charge in [0.15, 0.2) is 5.58 Å². The van der Waals surface area contributed by atoms with E-state index in [1.165, 1.54) is 11.7 Å².